The molecule has 1 fully saturated rings. The van der Waals surface area contributed by atoms with Crippen molar-refractivity contribution in [2.75, 3.05) is 32.1 Å². The first kappa shape index (κ1) is 21.6. The molecule has 2 N–H and O–H groups in total. The zero-order chi connectivity index (χ0) is 22.7. The molecule has 1 aliphatic rings. The van der Waals surface area contributed by atoms with Crippen molar-refractivity contribution in [1.82, 2.24) is 9.88 Å². The van der Waals surface area contributed by atoms with Gasteiger partial charge in [0.15, 0.2) is 0 Å². The van der Waals surface area contributed by atoms with Crippen molar-refractivity contribution in [3.8, 4) is 34.2 Å². The van der Waals surface area contributed by atoms with Gasteiger partial charge in [0, 0.05) is 19.2 Å². The highest BCUT2D eigenvalue weighted by Crippen LogP contribution is 2.34. The number of aromatic nitrogens is 1. The van der Waals surface area contributed by atoms with Crippen LogP contribution in [0.2, 0.25) is 0 Å². The molecular formula is C25H25FN4O2. The van der Waals surface area contributed by atoms with Crippen LogP contribution >= 0.6 is 0 Å². The molecule has 1 atom stereocenters. The first-order valence-electron chi connectivity index (χ1n) is 10.5. The predicted molar refractivity (Wildman–Crippen MR) is 123 cm³/mol. The first-order chi connectivity index (χ1) is 15.5. The maximum atomic E-state index is 14.5. The van der Waals surface area contributed by atoms with Crippen molar-refractivity contribution < 1.29 is 9.13 Å². The molecule has 2 heterocycles. The van der Waals surface area contributed by atoms with E-state index in [1.807, 2.05) is 30.3 Å². The van der Waals surface area contributed by atoms with Crippen LogP contribution in [-0.4, -0.2) is 31.3 Å². The number of benzene rings is 2. The third kappa shape index (κ3) is 4.23. The van der Waals surface area contributed by atoms with Gasteiger partial charge in [-0.1, -0.05) is 6.07 Å². The van der Waals surface area contributed by atoms with Gasteiger partial charge in [0.1, 0.15) is 23.3 Å². The number of ether oxygens (including phenoxy) is 1. The molecule has 1 saturated heterocycles. The Bertz CT molecular complexity index is 1220. The van der Waals surface area contributed by atoms with E-state index in [-0.39, 0.29) is 11.1 Å². The molecule has 0 unspecified atom stereocenters. The molecule has 0 radical (unpaired) electrons. The van der Waals surface area contributed by atoms with Gasteiger partial charge in [-0.05, 0) is 79.0 Å². The summed E-state index contributed by atoms with van der Waals surface area (Å²) in [4.78, 5) is 13.2. The van der Waals surface area contributed by atoms with E-state index in [2.05, 4.69) is 10.6 Å². The molecule has 0 aliphatic carbocycles. The summed E-state index contributed by atoms with van der Waals surface area (Å²) in [6.45, 7) is 2.59. The summed E-state index contributed by atoms with van der Waals surface area (Å²) in [5, 5.41) is 15.7. The van der Waals surface area contributed by atoms with Crippen LogP contribution in [0.1, 0.15) is 12.0 Å². The average Bonchev–Trinajstić information content (AvgIpc) is 3.33. The van der Waals surface area contributed by atoms with Crippen LogP contribution in [0.5, 0.6) is 5.75 Å². The van der Waals surface area contributed by atoms with Crippen molar-refractivity contribution in [3.05, 3.63) is 70.3 Å². The molecule has 0 saturated carbocycles. The fourth-order valence-electron chi connectivity index (χ4n) is 4.10. The Morgan fingerprint density at radius 1 is 1.22 bits per heavy atom. The summed E-state index contributed by atoms with van der Waals surface area (Å²) in [6, 6.07) is 15.5. The van der Waals surface area contributed by atoms with Gasteiger partial charge in [0.25, 0.3) is 5.56 Å². The summed E-state index contributed by atoms with van der Waals surface area (Å²) in [5.74, 6) is 0.566. The minimum Gasteiger partial charge on any atom is -0.497 e. The molecule has 0 amide bonds. The lowest BCUT2D eigenvalue weighted by atomic mass is 9.97. The molecule has 4 rings (SSSR count). The number of nitrogens with one attached hydrogen (secondary N) is 2. The van der Waals surface area contributed by atoms with Crippen LogP contribution in [0.3, 0.4) is 0 Å². The van der Waals surface area contributed by atoms with Gasteiger partial charge in [-0.25, -0.2) is 4.39 Å². The third-order valence-electron chi connectivity index (χ3n) is 5.92. The molecule has 3 aromatic rings. The van der Waals surface area contributed by atoms with E-state index in [4.69, 9.17) is 10.00 Å². The van der Waals surface area contributed by atoms with Crippen LogP contribution in [0.4, 0.5) is 10.1 Å². The highest BCUT2D eigenvalue weighted by molar-refractivity contribution is 5.83. The molecule has 7 heteroatoms. The number of rotatable bonds is 6. The molecule has 0 bridgehead atoms. The van der Waals surface area contributed by atoms with E-state index < -0.39 is 5.82 Å². The number of methoxy groups -OCH3 is 1. The molecule has 2 aromatic carbocycles. The van der Waals surface area contributed by atoms with Crippen LogP contribution in [0.25, 0.3) is 22.4 Å². The lowest BCUT2D eigenvalue weighted by molar-refractivity contribution is 0.415. The molecule has 6 nitrogen and oxygen atoms in total. The number of pyridine rings is 1. The SMILES string of the molecule is COc1ccc(-c2c(-c3ccc(C#N)c(F)c3)cc(NC[C@H]3CCNC3)c(=O)n2C)cc1. The predicted octanol–water partition coefficient (Wildman–Crippen LogP) is 3.76. The van der Waals surface area contributed by atoms with Crippen molar-refractivity contribution in [2.45, 2.75) is 6.42 Å². The minimum absolute atomic E-state index is 0.0170. The summed E-state index contributed by atoms with van der Waals surface area (Å²) >= 11 is 0. The van der Waals surface area contributed by atoms with Gasteiger partial charge in [-0.15, -0.1) is 0 Å². The zero-order valence-electron chi connectivity index (χ0n) is 18.1. The largest absolute Gasteiger partial charge is 0.497 e. The quantitative estimate of drug-likeness (QED) is 0.620. The van der Waals surface area contributed by atoms with Crippen LogP contribution in [0, 0.1) is 23.1 Å². The fourth-order valence-corrected chi connectivity index (χ4v) is 4.10. The number of nitriles is 1. The van der Waals surface area contributed by atoms with Crippen molar-refractivity contribution >= 4 is 5.69 Å². The van der Waals surface area contributed by atoms with Crippen LogP contribution in [0.15, 0.2) is 53.3 Å². The molecule has 164 valence electrons. The minimum atomic E-state index is -0.592. The molecule has 1 aliphatic heterocycles. The molecular weight excluding hydrogens is 407 g/mol. The summed E-state index contributed by atoms with van der Waals surface area (Å²) in [7, 11) is 3.31. The van der Waals surface area contributed by atoms with E-state index in [0.29, 0.717) is 40.7 Å². The lowest BCUT2D eigenvalue weighted by Crippen LogP contribution is -2.26. The van der Waals surface area contributed by atoms with Crippen molar-refractivity contribution in [3.63, 3.8) is 0 Å². The number of hydrogen-bond donors (Lipinski definition) is 2. The second-order valence-electron chi connectivity index (χ2n) is 7.96. The zero-order valence-corrected chi connectivity index (χ0v) is 18.1. The Kier molecular flexibility index (Phi) is 6.24. The van der Waals surface area contributed by atoms with Gasteiger partial charge in [0.05, 0.1) is 18.4 Å². The van der Waals surface area contributed by atoms with Gasteiger partial charge in [-0.3, -0.25) is 4.79 Å². The topological polar surface area (TPSA) is 79.1 Å². The summed E-state index contributed by atoms with van der Waals surface area (Å²) in [5.41, 5.74) is 3.06. The second kappa shape index (κ2) is 9.25. The van der Waals surface area contributed by atoms with Crippen LogP contribution < -0.4 is 20.9 Å². The molecule has 0 spiro atoms. The van der Waals surface area contributed by atoms with Gasteiger partial charge in [-0.2, -0.15) is 5.26 Å². The lowest BCUT2D eigenvalue weighted by Gasteiger charge is -2.19. The number of halogens is 1. The number of nitrogens with zero attached hydrogens (tertiary/aromatic N) is 2. The fraction of sp³-hybridized carbons (Fsp3) is 0.280. The number of anilines is 1. The van der Waals surface area contributed by atoms with Gasteiger partial charge < -0.3 is 19.9 Å². The second-order valence-corrected chi connectivity index (χ2v) is 7.96. The Labute approximate surface area is 186 Å². The van der Waals surface area contributed by atoms with E-state index in [1.54, 1.807) is 30.9 Å². The Morgan fingerprint density at radius 3 is 2.59 bits per heavy atom. The molecule has 1 aromatic heterocycles. The highest BCUT2D eigenvalue weighted by atomic mass is 19.1. The Hall–Kier alpha value is -3.63. The summed E-state index contributed by atoms with van der Waals surface area (Å²) < 4.78 is 21.3. The Balaban J connectivity index is 1.85. The standard InChI is InChI=1S/C25H25FN4O2/c1-30-24(17-5-7-20(32-2)8-6-17)21(18-3-4-19(13-27)22(26)11-18)12-23(25(30)31)29-15-16-9-10-28-14-16/h3-8,11-12,16,28-29H,9-10,14-15H2,1-2H3/t16-/m0/s1. The van der Waals surface area contributed by atoms with Gasteiger partial charge in [0.2, 0.25) is 0 Å². The molecule has 32 heavy (non-hydrogen) atoms. The first-order valence-corrected chi connectivity index (χ1v) is 10.5. The van der Waals surface area contributed by atoms with Crippen molar-refractivity contribution in [1.29, 1.82) is 5.26 Å². The van der Waals surface area contributed by atoms with E-state index >= 15 is 0 Å². The van der Waals surface area contributed by atoms with Crippen LogP contribution in [-0.2, 0) is 7.05 Å². The maximum absolute atomic E-state index is 14.5. The van der Waals surface area contributed by atoms with E-state index in [1.165, 1.54) is 12.1 Å². The highest BCUT2D eigenvalue weighted by Gasteiger charge is 2.19. The van der Waals surface area contributed by atoms with Gasteiger partial charge >= 0.3 is 0 Å². The maximum Gasteiger partial charge on any atom is 0.274 e. The Morgan fingerprint density at radius 2 is 1.97 bits per heavy atom. The third-order valence-corrected chi connectivity index (χ3v) is 5.92. The summed E-state index contributed by atoms with van der Waals surface area (Å²) in [6.07, 6.45) is 1.06. The normalized spacial score (nSPS) is 15.4. The monoisotopic (exact) mass is 432 g/mol. The number of hydrogen-bond acceptors (Lipinski definition) is 5. The van der Waals surface area contributed by atoms with E-state index in [0.717, 1.165) is 25.1 Å². The smallest absolute Gasteiger partial charge is 0.274 e. The average molecular weight is 432 g/mol. The van der Waals surface area contributed by atoms with Crippen molar-refractivity contribution in [2.24, 2.45) is 13.0 Å². The van der Waals surface area contributed by atoms with E-state index in [9.17, 15) is 9.18 Å².